The third kappa shape index (κ3) is 5.18. The highest BCUT2D eigenvalue weighted by Crippen LogP contribution is 2.44. The average Bonchev–Trinajstić information content (AvgIpc) is 2.74. The number of carbonyl (C=O) groups is 2. The van der Waals surface area contributed by atoms with Crippen LogP contribution in [0.5, 0.6) is 0 Å². The topological polar surface area (TPSA) is 82.1 Å². The van der Waals surface area contributed by atoms with Crippen molar-refractivity contribution >= 4 is 11.9 Å². The van der Waals surface area contributed by atoms with Gasteiger partial charge in [-0.15, -0.1) is 0 Å². The number of fused-ring (bicyclic) bond motifs is 1. The molecule has 23 heavy (non-hydrogen) atoms. The van der Waals surface area contributed by atoms with Crippen molar-refractivity contribution in [2.24, 2.45) is 0 Å². The van der Waals surface area contributed by atoms with E-state index in [1.165, 1.54) is 0 Å². The lowest BCUT2D eigenvalue weighted by Crippen LogP contribution is -2.51. The fourth-order valence-corrected chi connectivity index (χ4v) is 3.58. The third-order valence-electron chi connectivity index (χ3n) is 4.82. The van der Waals surface area contributed by atoms with E-state index < -0.39 is 17.2 Å². The first-order chi connectivity index (χ1) is 10.8. The number of ether oxygens (including phenoxy) is 1. The minimum absolute atomic E-state index is 0.216. The van der Waals surface area contributed by atoms with Crippen LogP contribution in [0.15, 0.2) is 0 Å². The third-order valence-corrected chi connectivity index (χ3v) is 4.82. The van der Waals surface area contributed by atoms with Gasteiger partial charge in [0, 0.05) is 12.8 Å². The molecule has 0 amide bonds. The van der Waals surface area contributed by atoms with Crippen molar-refractivity contribution in [3.63, 3.8) is 0 Å². The number of carboxylic acid groups (broad SMARTS) is 1. The number of aliphatic carboxylic acids is 1. The second kappa shape index (κ2) is 7.62. The highest BCUT2D eigenvalue weighted by molar-refractivity contribution is 5.73. The molecule has 0 aromatic carbocycles. The van der Waals surface area contributed by atoms with E-state index in [1.54, 1.807) is 0 Å². The van der Waals surface area contributed by atoms with E-state index in [2.05, 4.69) is 0 Å². The smallest absolute Gasteiger partial charge is 0.309 e. The van der Waals surface area contributed by atoms with Gasteiger partial charge in [-0.1, -0.05) is 32.1 Å². The summed E-state index contributed by atoms with van der Waals surface area (Å²) in [5, 5.41) is 8.57. The molecule has 2 heterocycles. The summed E-state index contributed by atoms with van der Waals surface area (Å²) in [6, 6.07) is 0. The summed E-state index contributed by atoms with van der Waals surface area (Å²) in [5.74, 6) is -0.932. The van der Waals surface area contributed by atoms with Crippen molar-refractivity contribution in [1.29, 1.82) is 0 Å². The Balaban J connectivity index is 1.62. The SMILES string of the molecule is CC1(CCCCCCCCC(=O)O)CC2(C)OC(=O)CC2OO1. The maximum atomic E-state index is 11.5. The summed E-state index contributed by atoms with van der Waals surface area (Å²) in [6.07, 6.45) is 7.77. The first-order valence-corrected chi connectivity index (χ1v) is 8.61. The zero-order chi connectivity index (χ0) is 16.9. The van der Waals surface area contributed by atoms with Gasteiger partial charge in [0.15, 0.2) is 0 Å². The van der Waals surface area contributed by atoms with Crippen LogP contribution in [0.1, 0.15) is 78.1 Å². The molecule has 0 bridgehead atoms. The number of hydrogen-bond donors (Lipinski definition) is 1. The summed E-state index contributed by atoms with van der Waals surface area (Å²) < 4.78 is 5.45. The molecule has 0 aliphatic carbocycles. The maximum Gasteiger partial charge on any atom is 0.309 e. The molecule has 0 saturated carbocycles. The number of unbranched alkanes of at least 4 members (excludes halogenated alkanes) is 5. The molecule has 0 radical (unpaired) electrons. The van der Waals surface area contributed by atoms with Crippen LogP contribution in [0.3, 0.4) is 0 Å². The van der Waals surface area contributed by atoms with E-state index in [-0.39, 0.29) is 24.9 Å². The van der Waals surface area contributed by atoms with Crippen LogP contribution in [0.4, 0.5) is 0 Å². The molecule has 132 valence electrons. The quantitative estimate of drug-likeness (QED) is 0.397. The summed E-state index contributed by atoms with van der Waals surface area (Å²) >= 11 is 0. The molecule has 3 atom stereocenters. The van der Waals surface area contributed by atoms with Crippen LogP contribution < -0.4 is 0 Å². The van der Waals surface area contributed by atoms with Crippen LogP contribution in [-0.2, 0) is 24.1 Å². The minimum atomic E-state index is -0.716. The number of rotatable bonds is 9. The van der Waals surface area contributed by atoms with E-state index >= 15 is 0 Å². The summed E-state index contributed by atoms with van der Waals surface area (Å²) in [5.41, 5.74) is -0.986. The maximum absolute atomic E-state index is 11.5. The zero-order valence-electron chi connectivity index (χ0n) is 14.1. The molecule has 3 unspecified atom stereocenters. The molecule has 6 heteroatoms. The van der Waals surface area contributed by atoms with Gasteiger partial charge in [-0.05, 0) is 26.7 Å². The standard InChI is InChI=1S/C17H28O6/c1-16(10-8-6-4-3-5-7-9-14(18)19)12-17(2)13(22-23-16)11-15(20)21-17/h13H,3-12H2,1-2H3,(H,18,19). The number of esters is 1. The van der Waals surface area contributed by atoms with Gasteiger partial charge in [-0.25, -0.2) is 9.78 Å². The largest absolute Gasteiger partial charge is 0.481 e. The van der Waals surface area contributed by atoms with Gasteiger partial charge < -0.3 is 9.84 Å². The average molecular weight is 328 g/mol. The van der Waals surface area contributed by atoms with Gasteiger partial charge >= 0.3 is 11.9 Å². The molecule has 0 spiro atoms. The Bertz CT molecular complexity index is 437. The number of carboxylic acids is 1. The van der Waals surface area contributed by atoms with Crippen molar-refractivity contribution in [2.45, 2.75) is 95.4 Å². The second-order valence-electron chi connectivity index (χ2n) is 7.30. The van der Waals surface area contributed by atoms with Crippen LogP contribution >= 0.6 is 0 Å². The van der Waals surface area contributed by atoms with Gasteiger partial charge in [-0.3, -0.25) is 9.59 Å². The molecule has 0 aromatic heterocycles. The molecule has 6 nitrogen and oxygen atoms in total. The molecule has 2 fully saturated rings. The lowest BCUT2D eigenvalue weighted by Gasteiger charge is -2.43. The van der Waals surface area contributed by atoms with E-state index in [1.807, 2.05) is 13.8 Å². The molecule has 0 aromatic rings. The monoisotopic (exact) mass is 328 g/mol. The van der Waals surface area contributed by atoms with Gasteiger partial charge in [0.1, 0.15) is 17.3 Å². The van der Waals surface area contributed by atoms with Crippen LogP contribution in [0.25, 0.3) is 0 Å². The normalized spacial score (nSPS) is 33.3. The van der Waals surface area contributed by atoms with Crippen molar-refractivity contribution in [3.05, 3.63) is 0 Å². The second-order valence-corrected chi connectivity index (χ2v) is 7.30. The highest BCUT2D eigenvalue weighted by atomic mass is 17.2. The fraction of sp³-hybridized carbons (Fsp3) is 0.882. The zero-order valence-corrected chi connectivity index (χ0v) is 14.1. The molecular formula is C17H28O6. The number of carbonyl (C=O) groups excluding carboxylic acids is 1. The number of hydrogen-bond acceptors (Lipinski definition) is 5. The lowest BCUT2D eigenvalue weighted by atomic mass is 9.82. The molecule has 2 aliphatic heterocycles. The van der Waals surface area contributed by atoms with E-state index in [9.17, 15) is 9.59 Å². The predicted octanol–water partition coefficient (Wildman–Crippen LogP) is 3.38. The Labute approximate surface area is 137 Å². The van der Waals surface area contributed by atoms with Crippen molar-refractivity contribution < 1.29 is 29.2 Å². The summed E-state index contributed by atoms with van der Waals surface area (Å²) in [6.45, 7) is 3.93. The Morgan fingerprint density at radius 2 is 1.83 bits per heavy atom. The molecule has 2 aliphatic rings. The van der Waals surface area contributed by atoms with Crippen molar-refractivity contribution in [3.8, 4) is 0 Å². The Morgan fingerprint density at radius 1 is 1.17 bits per heavy atom. The van der Waals surface area contributed by atoms with E-state index in [0.29, 0.717) is 6.42 Å². The molecule has 2 saturated heterocycles. The van der Waals surface area contributed by atoms with Crippen LogP contribution in [0.2, 0.25) is 0 Å². The first kappa shape index (κ1) is 18.2. The van der Waals surface area contributed by atoms with E-state index in [0.717, 1.165) is 44.9 Å². The summed E-state index contributed by atoms with van der Waals surface area (Å²) in [7, 11) is 0. The van der Waals surface area contributed by atoms with Gasteiger partial charge in [0.05, 0.1) is 6.42 Å². The van der Waals surface area contributed by atoms with E-state index in [4.69, 9.17) is 19.6 Å². The Hall–Kier alpha value is -1.14. The van der Waals surface area contributed by atoms with Crippen molar-refractivity contribution in [1.82, 2.24) is 0 Å². The Morgan fingerprint density at radius 3 is 2.52 bits per heavy atom. The van der Waals surface area contributed by atoms with Gasteiger partial charge in [0.25, 0.3) is 0 Å². The van der Waals surface area contributed by atoms with Gasteiger partial charge in [0.2, 0.25) is 0 Å². The van der Waals surface area contributed by atoms with Crippen LogP contribution in [-0.4, -0.2) is 34.4 Å². The minimum Gasteiger partial charge on any atom is -0.481 e. The first-order valence-electron chi connectivity index (χ1n) is 8.61. The summed E-state index contributed by atoms with van der Waals surface area (Å²) in [4.78, 5) is 32.9. The van der Waals surface area contributed by atoms with Gasteiger partial charge in [-0.2, -0.15) is 0 Å². The highest BCUT2D eigenvalue weighted by Gasteiger charge is 2.55. The predicted molar refractivity (Wildman–Crippen MR) is 82.7 cm³/mol. The Kier molecular flexibility index (Phi) is 6.03. The molecule has 2 rings (SSSR count). The lowest BCUT2D eigenvalue weighted by molar-refractivity contribution is -0.428. The molecular weight excluding hydrogens is 300 g/mol. The fourth-order valence-electron chi connectivity index (χ4n) is 3.58. The van der Waals surface area contributed by atoms with Crippen LogP contribution in [0, 0.1) is 0 Å². The molecule has 1 N–H and O–H groups in total. The van der Waals surface area contributed by atoms with Crippen molar-refractivity contribution in [2.75, 3.05) is 0 Å².